The molecule has 0 amide bonds. The Hall–Kier alpha value is -2.40. The summed E-state index contributed by atoms with van der Waals surface area (Å²) >= 11 is 6.04. The third-order valence-electron chi connectivity index (χ3n) is 2.72. The quantitative estimate of drug-likeness (QED) is 0.777. The molecule has 3 aromatic rings. The smallest absolute Gasteiger partial charge is 0.261 e. The minimum atomic E-state index is -0.639. The average Bonchev–Trinajstić information content (AvgIpc) is 2.88. The summed E-state index contributed by atoms with van der Waals surface area (Å²) in [6.45, 7) is 0. The zero-order valence-corrected chi connectivity index (χ0v) is 10.8. The average molecular weight is 291 g/mol. The first-order chi connectivity index (χ1) is 9.65. The second-order valence-electron chi connectivity index (χ2n) is 4.07. The molecule has 6 heteroatoms. The number of aromatic hydroxyl groups is 1. The van der Waals surface area contributed by atoms with E-state index in [9.17, 15) is 9.50 Å². The molecule has 0 aliphatic rings. The van der Waals surface area contributed by atoms with Crippen LogP contribution in [-0.4, -0.2) is 15.2 Å². The maximum Gasteiger partial charge on any atom is 0.261 e. The molecule has 0 fully saturated rings. The van der Waals surface area contributed by atoms with Gasteiger partial charge in [0.1, 0.15) is 11.6 Å². The maximum absolute atomic E-state index is 13.7. The third kappa shape index (κ3) is 2.23. The third-order valence-corrected chi connectivity index (χ3v) is 3.05. The van der Waals surface area contributed by atoms with Gasteiger partial charge in [-0.3, -0.25) is 0 Å². The lowest BCUT2D eigenvalue weighted by molar-refractivity contribution is 0.429. The number of rotatable bonds is 2. The van der Waals surface area contributed by atoms with Crippen molar-refractivity contribution in [1.82, 2.24) is 10.1 Å². The molecule has 0 saturated carbocycles. The fraction of sp³-hybridized carbons (Fsp3) is 0. The Morgan fingerprint density at radius 2 is 1.90 bits per heavy atom. The first-order valence-corrected chi connectivity index (χ1v) is 6.10. The van der Waals surface area contributed by atoms with E-state index in [1.54, 1.807) is 24.3 Å². The fourth-order valence-electron chi connectivity index (χ4n) is 1.76. The van der Waals surface area contributed by atoms with Crippen LogP contribution in [0.5, 0.6) is 5.75 Å². The van der Waals surface area contributed by atoms with Crippen LogP contribution < -0.4 is 0 Å². The monoisotopic (exact) mass is 290 g/mol. The Bertz CT molecular complexity index is 773. The van der Waals surface area contributed by atoms with E-state index in [2.05, 4.69) is 10.1 Å². The molecule has 1 heterocycles. The highest BCUT2D eigenvalue weighted by Crippen LogP contribution is 2.29. The van der Waals surface area contributed by atoms with Crippen molar-refractivity contribution in [2.75, 3.05) is 0 Å². The Kier molecular flexibility index (Phi) is 3.12. The molecule has 3 rings (SSSR count). The van der Waals surface area contributed by atoms with Crippen molar-refractivity contribution in [1.29, 1.82) is 0 Å². The molecule has 0 aliphatic carbocycles. The number of aromatic nitrogens is 2. The molecule has 1 aromatic heterocycles. The van der Waals surface area contributed by atoms with Gasteiger partial charge in [-0.25, -0.2) is 4.39 Å². The number of phenols is 1. The van der Waals surface area contributed by atoms with E-state index in [1.807, 2.05) is 0 Å². The molecule has 2 aromatic carbocycles. The van der Waals surface area contributed by atoms with Crippen LogP contribution in [0.1, 0.15) is 0 Å². The highest BCUT2D eigenvalue weighted by atomic mass is 35.5. The van der Waals surface area contributed by atoms with Crippen LogP contribution in [0.2, 0.25) is 5.02 Å². The van der Waals surface area contributed by atoms with E-state index in [0.29, 0.717) is 10.6 Å². The van der Waals surface area contributed by atoms with Gasteiger partial charge in [-0.05, 0) is 24.3 Å². The number of hydrogen-bond acceptors (Lipinski definition) is 4. The van der Waals surface area contributed by atoms with Gasteiger partial charge < -0.3 is 9.63 Å². The number of hydrogen-bond donors (Lipinski definition) is 1. The number of phenolic OH excluding ortho intramolecular Hbond substituents is 1. The van der Waals surface area contributed by atoms with E-state index in [4.69, 9.17) is 16.1 Å². The highest BCUT2D eigenvalue weighted by Gasteiger charge is 2.16. The van der Waals surface area contributed by atoms with Gasteiger partial charge in [0.2, 0.25) is 5.82 Å². The van der Waals surface area contributed by atoms with Gasteiger partial charge >= 0.3 is 0 Å². The summed E-state index contributed by atoms with van der Waals surface area (Å²) in [6.07, 6.45) is 0. The van der Waals surface area contributed by atoms with Crippen molar-refractivity contribution in [3.63, 3.8) is 0 Å². The summed E-state index contributed by atoms with van der Waals surface area (Å²) < 4.78 is 18.8. The predicted molar refractivity (Wildman–Crippen MR) is 71.8 cm³/mol. The second kappa shape index (κ2) is 4.94. The molecule has 0 aliphatic heterocycles. The first-order valence-electron chi connectivity index (χ1n) is 5.72. The summed E-state index contributed by atoms with van der Waals surface area (Å²) in [5.41, 5.74) is 0.719. The van der Waals surface area contributed by atoms with Gasteiger partial charge in [0.05, 0.1) is 10.6 Å². The zero-order valence-electron chi connectivity index (χ0n) is 10.0. The first kappa shape index (κ1) is 12.6. The topological polar surface area (TPSA) is 59.2 Å². The van der Waals surface area contributed by atoms with Crippen molar-refractivity contribution < 1.29 is 14.0 Å². The predicted octanol–water partition coefficient (Wildman–Crippen LogP) is 3.90. The van der Waals surface area contributed by atoms with Crippen LogP contribution >= 0.6 is 11.6 Å². The standard InChI is InChI=1S/C14H8ClFN2O2/c15-11-4-2-1-3-9(11)13-17-14(20-18-13)10-6-5-8(19)7-12(10)16/h1-7,19H. The Labute approximate surface area is 118 Å². The van der Waals surface area contributed by atoms with Crippen LogP contribution in [0, 0.1) is 5.82 Å². The maximum atomic E-state index is 13.7. The van der Waals surface area contributed by atoms with Crippen LogP contribution in [0.4, 0.5) is 4.39 Å². The molecular weight excluding hydrogens is 283 g/mol. The number of benzene rings is 2. The molecule has 1 N–H and O–H groups in total. The molecule has 0 bridgehead atoms. The van der Waals surface area contributed by atoms with Crippen LogP contribution in [-0.2, 0) is 0 Å². The van der Waals surface area contributed by atoms with Gasteiger partial charge in [-0.2, -0.15) is 4.98 Å². The molecule has 4 nitrogen and oxygen atoms in total. The van der Waals surface area contributed by atoms with E-state index >= 15 is 0 Å². The Morgan fingerprint density at radius 1 is 1.10 bits per heavy atom. The Morgan fingerprint density at radius 3 is 2.65 bits per heavy atom. The van der Waals surface area contributed by atoms with Crippen molar-refractivity contribution in [3.8, 4) is 28.6 Å². The van der Waals surface area contributed by atoms with Crippen LogP contribution in [0.3, 0.4) is 0 Å². The zero-order chi connectivity index (χ0) is 14.1. The van der Waals surface area contributed by atoms with Crippen molar-refractivity contribution in [2.24, 2.45) is 0 Å². The Balaban J connectivity index is 2.04. The molecule has 0 radical (unpaired) electrons. The fourth-order valence-corrected chi connectivity index (χ4v) is 1.98. The normalized spacial score (nSPS) is 10.7. The lowest BCUT2D eigenvalue weighted by Crippen LogP contribution is -1.85. The molecule has 0 atom stereocenters. The van der Waals surface area contributed by atoms with Gasteiger partial charge in [-0.15, -0.1) is 0 Å². The molecule has 0 unspecified atom stereocenters. The molecular formula is C14H8ClFN2O2. The van der Waals surface area contributed by atoms with Crippen LogP contribution in [0.25, 0.3) is 22.8 Å². The highest BCUT2D eigenvalue weighted by molar-refractivity contribution is 6.33. The molecule has 100 valence electrons. The van der Waals surface area contributed by atoms with Gasteiger partial charge in [0.25, 0.3) is 5.89 Å². The number of nitrogens with zero attached hydrogens (tertiary/aromatic N) is 2. The SMILES string of the molecule is Oc1ccc(-c2nc(-c3ccccc3Cl)no2)c(F)c1. The van der Waals surface area contributed by atoms with Gasteiger partial charge in [0, 0.05) is 11.6 Å². The largest absolute Gasteiger partial charge is 0.508 e. The van der Waals surface area contributed by atoms with Gasteiger partial charge in [-0.1, -0.05) is 28.9 Å². The summed E-state index contributed by atoms with van der Waals surface area (Å²) in [5.74, 6) is -0.507. The van der Waals surface area contributed by atoms with E-state index in [0.717, 1.165) is 6.07 Å². The molecule has 20 heavy (non-hydrogen) atoms. The summed E-state index contributed by atoms with van der Waals surface area (Å²) in [4.78, 5) is 4.12. The lowest BCUT2D eigenvalue weighted by atomic mass is 10.2. The van der Waals surface area contributed by atoms with Gasteiger partial charge in [0.15, 0.2) is 0 Å². The minimum absolute atomic E-state index is 0.0254. The van der Waals surface area contributed by atoms with Crippen molar-refractivity contribution >= 4 is 11.6 Å². The summed E-state index contributed by atoms with van der Waals surface area (Å²) in [7, 11) is 0. The lowest BCUT2D eigenvalue weighted by Gasteiger charge is -1.98. The van der Waals surface area contributed by atoms with E-state index in [1.165, 1.54) is 12.1 Å². The van der Waals surface area contributed by atoms with E-state index in [-0.39, 0.29) is 23.0 Å². The van der Waals surface area contributed by atoms with Crippen molar-refractivity contribution in [3.05, 3.63) is 53.3 Å². The summed E-state index contributed by atoms with van der Waals surface area (Å²) in [5, 5.41) is 13.4. The second-order valence-corrected chi connectivity index (χ2v) is 4.47. The van der Waals surface area contributed by atoms with Crippen molar-refractivity contribution in [2.45, 2.75) is 0 Å². The molecule has 0 spiro atoms. The van der Waals surface area contributed by atoms with E-state index < -0.39 is 5.82 Å². The minimum Gasteiger partial charge on any atom is -0.508 e. The summed E-state index contributed by atoms with van der Waals surface area (Å²) in [6, 6.07) is 10.7. The molecule has 0 saturated heterocycles. The van der Waals surface area contributed by atoms with Crippen LogP contribution in [0.15, 0.2) is 47.0 Å². The number of halogens is 2.